The van der Waals surface area contributed by atoms with Crippen LogP contribution in [0.15, 0.2) is 17.3 Å². The van der Waals surface area contributed by atoms with Crippen molar-refractivity contribution in [1.82, 2.24) is 19.5 Å². The average Bonchev–Trinajstić information content (AvgIpc) is 2.63. The Balaban J connectivity index is 2.34. The predicted octanol–water partition coefficient (Wildman–Crippen LogP) is 1.15. The number of hydrogen-bond acceptors (Lipinski definition) is 5. The first kappa shape index (κ1) is 11.0. The van der Waals surface area contributed by atoms with Crippen molar-refractivity contribution in [2.75, 3.05) is 6.61 Å². The summed E-state index contributed by atoms with van der Waals surface area (Å²) in [6.07, 6.45) is 2.95. The van der Waals surface area contributed by atoms with Crippen LogP contribution in [0.1, 0.15) is 6.92 Å². The number of esters is 1. The number of aromatic nitrogens is 4. The maximum absolute atomic E-state index is 11.3. The Bertz CT molecular complexity index is 525. The molecule has 0 aliphatic carbocycles. The smallest absolute Gasteiger partial charge is 0.326 e. The first-order valence-corrected chi connectivity index (χ1v) is 5.48. The summed E-state index contributed by atoms with van der Waals surface area (Å²) in [6, 6.07) is 0. The molecule has 2 heterocycles. The van der Waals surface area contributed by atoms with Gasteiger partial charge in [0.25, 0.3) is 0 Å². The van der Waals surface area contributed by atoms with Crippen LogP contribution < -0.4 is 0 Å². The van der Waals surface area contributed by atoms with E-state index in [4.69, 9.17) is 4.74 Å². The lowest BCUT2D eigenvalue weighted by Gasteiger charge is -2.04. The summed E-state index contributed by atoms with van der Waals surface area (Å²) in [5.74, 6) is -0.308. The van der Waals surface area contributed by atoms with Crippen molar-refractivity contribution in [3.8, 4) is 0 Å². The molecule has 0 unspecified atom stereocenters. The molecule has 0 atom stereocenters. The van der Waals surface area contributed by atoms with E-state index in [9.17, 15) is 4.79 Å². The molecule has 6 nitrogen and oxygen atoms in total. The molecule has 0 spiro atoms. The molecular formula is C9H9BrN4O2. The molecule has 16 heavy (non-hydrogen) atoms. The Morgan fingerprint density at radius 1 is 1.50 bits per heavy atom. The third-order valence-corrected chi connectivity index (χ3v) is 2.55. The third kappa shape index (κ3) is 2.04. The van der Waals surface area contributed by atoms with E-state index in [2.05, 4.69) is 30.9 Å². The Morgan fingerprint density at radius 2 is 2.31 bits per heavy atom. The van der Waals surface area contributed by atoms with Crippen molar-refractivity contribution in [3.05, 3.63) is 17.3 Å². The minimum atomic E-state index is -0.308. The molecule has 0 fully saturated rings. The van der Waals surface area contributed by atoms with Crippen molar-refractivity contribution < 1.29 is 9.53 Å². The molecule has 7 heteroatoms. The van der Waals surface area contributed by atoms with Gasteiger partial charge in [-0.15, -0.1) is 0 Å². The quantitative estimate of drug-likeness (QED) is 0.625. The molecule has 2 aromatic rings. The summed E-state index contributed by atoms with van der Waals surface area (Å²) < 4.78 is 7.12. The molecule has 0 bridgehead atoms. The van der Waals surface area contributed by atoms with E-state index < -0.39 is 0 Å². The molecule has 0 aliphatic heterocycles. The molecule has 0 radical (unpaired) electrons. The summed E-state index contributed by atoms with van der Waals surface area (Å²) in [5, 5.41) is 0. The summed E-state index contributed by atoms with van der Waals surface area (Å²) in [4.78, 5) is 23.4. The lowest BCUT2D eigenvalue weighted by Crippen LogP contribution is -2.12. The van der Waals surface area contributed by atoms with Gasteiger partial charge in [0, 0.05) is 0 Å². The van der Waals surface area contributed by atoms with Gasteiger partial charge in [0.2, 0.25) is 0 Å². The lowest BCUT2D eigenvalue weighted by molar-refractivity contribution is -0.143. The maximum atomic E-state index is 11.3. The van der Waals surface area contributed by atoms with Crippen LogP contribution in [0.25, 0.3) is 11.2 Å². The monoisotopic (exact) mass is 284 g/mol. The Labute approximate surface area is 99.8 Å². The number of rotatable bonds is 3. The first-order valence-electron chi connectivity index (χ1n) is 4.69. The van der Waals surface area contributed by atoms with Gasteiger partial charge < -0.3 is 9.30 Å². The fourth-order valence-corrected chi connectivity index (χ4v) is 1.83. The molecule has 0 saturated carbocycles. The second-order valence-electron chi connectivity index (χ2n) is 3.01. The maximum Gasteiger partial charge on any atom is 0.326 e. The van der Waals surface area contributed by atoms with Gasteiger partial charge in [-0.1, -0.05) is 0 Å². The summed E-state index contributed by atoms with van der Waals surface area (Å²) >= 11 is 3.29. The highest BCUT2D eigenvalue weighted by atomic mass is 79.9. The third-order valence-electron chi connectivity index (χ3n) is 1.97. The van der Waals surface area contributed by atoms with Crippen LogP contribution in [-0.4, -0.2) is 32.1 Å². The Kier molecular flexibility index (Phi) is 3.14. The van der Waals surface area contributed by atoms with E-state index >= 15 is 0 Å². The second kappa shape index (κ2) is 4.56. The van der Waals surface area contributed by atoms with E-state index in [0.29, 0.717) is 22.4 Å². The van der Waals surface area contributed by atoms with Gasteiger partial charge in [0.05, 0.1) is 12.9 Å². The van der Waals surface area contributed by atoms with Crippen molar-refractivity contribution in [1.29, 1.82) is 0 Å². The highest BCUT2D eigenvalue weighted by molar-refractivity contribution is 9.10. The summed E-state index contributed by atoms with van der Waals surface area (Å²) in [7, 11) is 0. The van der Waals surface area contributed by atoms with Gasteiger partial charge >= 0.3 is 5.97 Å². The van der Waals surface area contributed by atoms with Crippen LogP contribution in [-0.2, 0) is 16.1 Å². The van der Waals surface area contributed by atoms with Crippen LogP contribution in [0.4, 0.5) is 0 Å². The first-order chi connectivity index (χ1) is 7.72. The highest BCUT2D eigenvalue weighted by Crippen LogP contribution is 2.18. The van der Waals surface area contributed by atoms with Crippen LogP contribution >= 0.6 is 15.9 Å². The van der Waals surface area contributed by atoms with Crippen LogP contribution in [0.2, 0.25) is 0 Å². The van der Waals surface area contributed by atoms with E-state index in [1.165, 1.54) is 6.33 Å². The van der Waals surface area contributed by atoms with Crippen molar-refractivity contribution in [2.45, 2.75) is 13.5 Å². The highest BCUT2D eigenvalue weighted by Gasteiger charge is 2.11. The number of halogens is 1. The number of fused-ring (bicyclic) bond motifs is 1. The number of ether oxygens (including phenoxy) is 1. The van der Waals surface area contributed by atoms with E-state index in [1.807, 2.05) is 0 Å². The number of carbonyl (C=O) groups is 1. The Morgan fingerprint density at radius 3 is 3.06 bits per heavy atom. The topological polar surface area (TPSA) is 69.9 Å². The minimum Gasteiger partial charge on any atom is -0.465 e. The minimum absolute atomic E-state index is 0.107. The number of imidazole rings is 1. The van der Waals surface area contributed by atoms with Crippen LogP contribution in [0.3, 0.4) is 0 Å². The van der Waals surface area contributed by atoms with Gasteiger partial charge in [-0.3, -0.25) is 4.79 Å². The largest absolute Gasteiger partial charge is 0.465 e. The second-order valence-corrected chi connectivity index (χ2v) is 3.77. The van der Waals surface area contributed by atoms with Gasteiger partial charge in [0.1, 0.15) is 23.0 Å². The molecule has 0 amide bonds. The van der Waals surface area contributed by atoms with Gasteiger partial charge in [-0.25, -0.2) is 15.0 Å². The van der Waals surface area contributed by atoms with Crippen molar-refractivity contribution in [3.63, 3.8) is 0 Å². The predicted molar refractivity (Wildman–Crippen MR) is 59.7 cm³/mol. The average molecular weight is 285 g/mol. The van der Waals surface area contributed by atoms with E-state index in [-0.39, 0.29) is 12.5 Å². The molecule has 0 saturated heterocycles. The fourth-order valence-electron chi connectivity index (χ4n) is 1.34. The number of carbonyl (C=O) groups excluding carboxylic acids is 1. The lowest BCUT2D eigenvalue weighted by atomic mass is 10.5. The standard InChI is InChI=1S/C9H9BrN4O2/c1-2-16-6(15)3-14-5-13-9-7(14)8(10)11-4-12-9/h4-5H,2-3H2,1H3. The zero-order valence-corrected chi connectivity index (χ0v) is 10.1. The van der Waals surface area contributed by atoms with Crippen LogP contribution in [0.5, 0.6) is 0 Å². The fraction of sp³-hybridized carbons (Fsp3) is 0.333. The van der Waals surface area contributed by atoms with Crippen molar-refractivity contribution in [2.24, 2.45) is 0 Å². The molecular weight excluding hydrogens is 276 g/mol. The molecule has 0 N–H and O–H groups in total. The molecule has 0 aromatic carbocycles. The van der Waals surface area contributed by atoms with Crippen LogP contribution in [0, 0.1) is 0 Å². The SMILES string of the molecule is CCOC(=O)Cn1cnc2ncnc(Br)c21. The number of hydrogen-bond donors (Lipinski definition) is 0. The van der Waals surface area contributed by atoms with Gasteiger partial charge in [-0.05, 0) is 22.9 Å². The zero-order valence-electron chi connectivity index (χ0n) is 8.55. The van der Waals surface area contributed by atoms with E-state index in [0.717, 1.165) is 0 Å². The molecule has 2 aromatic heterocycles. The Hall–Kier alpha value is -1.50. The summed E-state index contributed by atoms with van der Waals surface area (Å²) in [6.45, 7) is 2.24. The molecule has 84 valence electrons. The normalized spacial score (nSPS) is 10.6. The molecule has 2 rings (SSSR count). The molecule has 0 aliphatic rings. The van der Waals surface area contributed by atoms with E-state index in [1.54, 1.807) is 17.8 Å². The number of nitrogens with zero attached hydrogens (tertiary/aromatic N) is 4. The zero-order chi connectivity index (χ0) is 11.5. The van der Waals surface area contributed by atoms with Crippen molar-refractivity contribution >= 4 is 33.1 Å². The van der Waals surface area contributed by atoms with Gasteiger partial charge in [-0.2, -0.15) is 0 Å². The summed E-state index contributed by atoms with van der Waals surface area (Å²) in [5.41, 5.74) is 1.24. The van der Waals surface area contributed by atoms with Gasteiger partial charge in [0.15, 0.2) is 5.65 Å².